The molecular formula is C20H25FN4OS. The fourth-order valence-electron chi connectivity index (χ4n) is 3.13. The van der Waals surface area contributed by atoms with Gasteiger partial charge in [-0.2, -0.15) is 11.8 Å². The van der Waals surface area contributed by atoms with Gasteiger partial charge in [0.05, 0.1) is 6.20 Å². The number of aliphatic imine (C=N–C) groups is 1. The van der Waals surface area contributed by atoms with E-state index in [1.165, 1.54) is 12.5 Å². The summed E-state index contributed by atoms with van der Waals surface area (Å²) >= 11 is 1.93. The van der Waals surface area contributed by atoms with Gasteiger partial charge in [0.15, 0.2) is 17.5 Å². The molecule has 3 rings (SSSR count). The molecule has 1 aromatic heterocycles. The number of thioether (sulfide) groups is 1. The van der Waals surface area contributed by atoms with Gasteiger partial charge in [0, 0.05) is 31.1 Å². The smallest absolute Gasteiger partial charge is 0.191 e. The first kappa shape index (κ1) is 19.5. The minimum Gasteiger partial charge on any atom is -0.453 e. The van der Waals surface area contributed by atoms with Crippen LogP contribution in [0.15, 0.2) is 47.7 Å². The van der Waals surface area contributed by atoms with Crippen LogP contribution < -0.4 is 15.4 Å². The lowest BCUT2D eigenvalue weighted by atomic mass is 10.2. The average molecular weight is 389 g/mol. The summed E-state index contributed by atoms with van der Waals surface area (Å²) in [5.74, 6) is 1.04. The zero-order valence-electron chi connectivity index (χ0n) is 15.6. The van der Waals surface area contributed by atoms with E-state index < -0.39 is 5.82 Å². The number of hydrogen-bond donors (Lipinski definition) is 2. The zero-order chi connectivity index (χ0) is 19.1. The molecule has 27 heavy (non-hydrogen) atoms. The maximum absolute atomic E-state index is 14.3. The van der Waals surface area contributed by atoms with Gasteiger partial charge >= 0.3 is 0 Å². The third kappa shape index (κ3) is 5.60. The summed E-state index contributed by atoms with van der Waals surface area (Å²) in [5, 5.41) is 7.44. The Morgan fingerprint density at radius 2 is 2.26 bits per heavy atom. The Bertz CT molecular complexity index is 772. The first-order valence-electron chi connectivity index (χ1n) is 9.04. The zero-order valence-corrected chi connectivity index (χ0v) is 16.4. The molecule has 0 saturated heterocycles. The molecule has 1 heterocycles. The number of halogens is 1. The summed E-state index contributed by atoms with van der Waals surface area (Å²) < 4.78 is 19.9. The van der Waals surface area contributed by atoms with Crippen LogP contribution in [-0.4, -0.2) is 35.5 Å². The molecule has 2 unspecified atom stereocenters. The molecule has 5 nitrogen and oxygen atoms in total. The largest absolute Gasteiger partial charge is 0.453 e. The molecule has 1 aliphatic carbocycles. The molecule has 1 aliphatic rings. The first-order valence-corrected chi connectivity index (χ1v) is 10.3. The second-order valence-corrected chi connectivity index (χ2v) is 7.63. The molecule has 2 aromatic rings. The van der Waals surface area contributed by atoms with Crippen LogP contribution in [0.3, 0.4) is 0 Å². The van der Waals surface area contributed by atoms with Crippen LogP contribution in [0.2, 0.25) is 0 Å². The number of nitrogens with zero attached hydrogens (tertiary/aromatic N) is 2. The maximum Gasteiger partial charge on any atom is 0.191 e. The fraction of sp³-hybridized carbons (Fsp3) is 0.400. The van der Waals surface area contributed by atoms with Crippen LogP contribution in [-0.2, 0) is 6.54 Å². The molecule has 2 N–H and O–H groups in total. The molecule has 1 aromatic carbocycles. The van der Waals surface area contributed by atoms with Gasteiger partial charge in [0.25, 0.3) is 0 Å². The summed E-state index contributed by atoms with van der Waals surface area (Å²) in [6.07, 6.45) is 8.90. The predicted molar refractivity (Wildman–Crippen MR) is 109 cm³/mol. The van der Waals surface area contributed by atoms with Crippen molar-refractivity contribution in [3.8, 4) is 11.5 Å². The average Bonchev–Trinajstić information content (AvgIpc) is 3.15. The van der Waals surface area contributed by atoms with E-state index in [9.17, 15) is 4.39 Å². The number of rotatable bonds is 6. The van der Waals surface area contributed by atoms with Crippen LogP contribution in [0.1, 0.15) is 24.8 Å². The highest BCUT2D eigenvalue weighted by atomic mass is 32.2. The van der Waals surface area contributed by atoms with Gasteiger partial charge < -0.3 is 15.4 Å². The molecule has 1 fully saturated rings. The van der Waals surface area contributed by atoms with E-state index in [4.69, 9.17) is 4.74 Å². The Morgan fingerprint density at radius 1 is 1.37 bits per heavy atom. The highest BCUT2D eigenvalue weighted by Gasteiger charge is 2.24. The fourth-order valence-corrected chi connectivity index (χ4v) is 3.93. The number of aromatic nitrogens is 1. The summed E-state index contributed by atoms with van der Waals surface area (Å²) in [7, 11) is 1.75. The molecule has 0 amide bonds. The van der Waals surface area contributed by atoms with Crippen molar-refractivity contribution >= 4 is 17.7 Å². The lowest BCUT2D eigenvalue weighted by molar-refractivity contribution is 0.440. The summed E-state index contributed by atoms with van der Waals surface area (Å²) in [4.78, 5) is 8.23. The lowest BCUT2D eigenvalue weighted by Crippen LogP contribution is -2.42. The van der Waals surface area contributed by atoms with Gasteiger partial charge in [0.2, 0.25) is 0 Å². The number of guanidine groups is 1. The number of pyridine rings is 1. The molecule has 0 bridgehead atoms. The van der Waals surface area contributed by atoms with Crippen LogP contribution in [0, 0.1) is 5.82 Å². The quantitative estimate of drug-likeness (QED) is 0.579. The summed E-state index contributed by atoms with van der Waals surface area (Å²) in [5.41, 5.74) is 0.822. The van der Waals surface area contributed by atoms with Gasteiger partial charge in [-0.3, -0.25) is 9.98 Å². The number of benzene rings is 1. The van der Waals surface area contributed by atoms with Crippen LogP contribution >= 0.6 is 11.8 Å². The molecule has 1 saturated carbocycles. The van der Waals surface area contributed by atoms with Crippen molar-refractivity contribution in [1.29, 1.82) is 0 Å². The molecule has 0 radical (unpaired) electrons. The van der Waals surface area contributed by atoms with Gasteiger partial charge in [0.1, 0.15) is 5.75 Å². The highest BCUT2D eigenvalue weighted by Crippen LogP contribution is 2.28. The van der Waals surface area contributed by atoms with Crippen molar-refractivity contribution in [3.05, 3.63) is 54.1 Å². The third-order valence-corrected chi connectivity index (χ3v) is 5.70. The predicted octanol–water partition coefficient (Wildman–Crippen LogP) is 3.96. The van der Waals surface area contributed by atoms with Crippen molar-refractivity contribution < 1.29 is 9.13 Å². The highest BCUT2D eigenvalue weighted by molar-refractivity contribution is 7.99. The Hall–Kier alpha value is -2.28. The molecule has 7 heteroatoms. The van der Waals surface area contributed by atoms with Crippen molar-refractivity contribution in [2.24, 2.45) is 4.99 Å². The van der Waals surface area contributed by atoms with Crippen LogP contribution in [0.4, 0.5) is 4.39 Å². The third-order valence-electron chi connectivity index (χ3n) is 4.60. The van der Waals surface area contributed by atoms with E-state index in [2.05, 4.69) is 26.9 Å². The molecule has 0 spiro atoms. The van der Waals surface area contributed by atoms with Crippen molar-refractivity contribution in [2.45, 2.75) is 37.1 Å². The van der Waals surface area contributed by atoms with Gasteiger partial charge in [-0.25, -0.2) is 4.39 Å². The molecule has 2 atom stereocenters. The number of hydrogen-bond acceptors (Lipinski definition) is 4. The minimum atomic E-state index is -0.403. The molecular weight excluding hydrogens is 363 g/mol. The second kappa shape index (κ2) is 9.60. The van der Waals surface area contributed by atoms with Crippen LogP contribution in [0.25, 0.3) is 0 Å². The second-order valence-electron chi connectivity index (χ2n) is 6.49. The topological polar surface area (TPSA) is 58.5 Å². The molecule has 0 aliphatic heterocycles. The van der Waals surface area contributed by atoms with Gasteiger partial charge in [-0.05, 0) is 55.3 Å². The SMILES string of the molecule is CN=C(NCc1ccc(Oc2cccnc2)c(F)c1)NC1CCC(SC)C1. The Labute approximate surface area is 163 Å². The Kier molecular flexibility index (Phi) is 6.92. The summed E-state index contributed by atoms with van der Waals surface area (Å²) in [6, 6.07) is 8.88. The van der Waals surface area contributed by atoms with Crippen molar-refractivity contribution in [2.75, 3.05) is 13.3 Å². The lowest BCUT2D eigenvalue weighted by Gasteiger charge is -2.17. The minimum absolute atomic E-state index is 0.184. The van der Waals surface area contributed by atoms with Gasteiger partial charge in [-0.1, -0.05) is 6.07 Å². The maximum atomic E-state index is 14.3. The van der Waals surface area contributed by atoms with E-state index in [1.807, 2.05) is 17.8 Å². The standard InChI is InChI=1S/C20H25FN4OS/c1-22-20(25-15-6-7-17(11-15)27-2)24-12-14-5-8-19(18(21)10-14)26-16-4-3-9-23-13-16/h3-5,8-10,13,15,17H,6-7,11-12H2,1-2H3,(H2,22,24,25). The van der Waals surface area contributed by atoms with E-state index >= 15 is 0 Å². The van der Waals surface area contributed by atoms with E-state index in [0.29, 0.717) is 18.3 Å². The van der Waals surface area contributed by atoms with E-state index in [1.54, 1.807) is 37.6 Å². The van der Waals surface area contributed by atoms with Crippen LogP contribution in [0.5, 0.6) is 11.5 Å². The monoisotopic (exact) mass is 388 g/mol. The Balaban J connectivity index is 1.53. The summed E-state index contributed by atoms with van der Waals surface area (Å²) in [6.45, 7) is 0.489. The number of nitrogens with one attached hydrogen (secondary N) is 2. The molecule has 144 valence electrons. The van der Waals surface area contributed by atoms with Crippen molar-refractivity contribution in [1.82, 2.24) is 15.6 Å². The van der Waals surface area contributed by atoms with E-state index in [-0.39, 0.29) is 5.75 Å². The normalized spacial score (nSPS) is 19.7. The Morgan fingerprint density at radius 3 is 2.93 bits per heavy atom. The van der Waals surface area contributed by atoms with E-state index in [0.717, 1.165) is 29.6 Å². The van der Waals surface area contributed by atoms with Crippen molar-refractivity contribution in [3.63, 3.8) is 0 Å². The first-order chi connectivity index (χ1) is 13.2. The van der Waals surface area contributed by atoms with Gasteiger partial charge in [-0.15, -0.1) is 0 Å². The number of ether oxygens (including phenoxy) is 1.